The van der Waals surface area contributed by atoms with Gasteiger partial charge in [-0.2, -0.15) is 10.2 Å². The second-order valence-electron chi connectivity index (χ2n) is 48.4. The van der Waals surface area contributed by atoms with Crippen LogP contribution in [0.4, 0.5) is 0 Å². The Morgan fingerprint density at radius 2 is 0.461 bits per heavy atom. The summed E-state index contributed by atoms with van der Waals surface area (Å²) in [5.74, 6) is 1.62. The van der Waals surface area contributed by atoms with Gasteiger partial charge in [-0.15, -0.1) is 10.2 Å². The number of aromatic nitrogens is 13. The highest BCUT2D eigenvalue weighted by atomic mass is 15.2. The summed E-state index contributed by atoms with van der Waals surface area (Å²) in [6.45, 7) is 111. The van der Waals surface area contributed by atoms with Crippen LogP contribution in [0.15, 0.2) is 135 Å². The Hall–Kier alpha value is -7.15. The lowest BCUT2D eigenvalue weighted by Crippen LogP contribution is -2.24. The molecule has 115 heavy (non-hydrogen) atoms. The highest BCUT2D eigenvalue weighted by molar-refractivity contribution is 5.37. The molecule has 8 rings (SSSR count). The van der Waals surface area contributed by atoms with Crippen molar-refractivity contribution in [1.29, 1.82) is 0 Å². The molecule has 0 saturated carbocycles. The van der Waals surface area contributed by atoms with Crippen LogP contribution in [0.25, 0.3) is 0 Å². The van der Waals surface area contributed by atoms with E-state index in [2.05, 4.69) is 467 Å². The lowest BCUT2D eigenvalue weighted by atomic mass is 9.75. The fourth-order valence-electron chi connectivity index (χ4n) is 8.75. The molecule has 0 bridgehead atoms. The minimum absolute atomic E-state index is 0.0335. The second-order valence-corrected chi connectivity index (χ2v) is 48.4. The fourth-order valence-corrected chi connectivity index (χ4v) is 8.75. The van der Waals surface area contributed by atoms with E-state index in [1.165, 1.54) is 27.8 Å². The zero-order chi connectivity index (χ0) is 91.3. The summed E-state index contributed by atoms with van der Waals surface area (Å²) in [6, 6.07) is 23.5. The van der Waals surface area contributed by atoms with E-state index in [1.54, 1.807) is 43.5 Å². The number of hydrogen-bond acceptors (Lipinski definition) is 13. The van der Waals surface area contributed by atoms with Crippen LogP contribution < -0.4 is 0 Å². The first-order valence-corrected chi connectivity index (χ1v) is 41.8. The summed E-state index contributed by atoms with van der Waals surface area (Å²) < 4.78 is 0. The minimum Gasteiger partial charge on any atom is -0.265 e. The molecule has 0 amide bonds. The predicted octanol–water partition coefficient (Wildman–Crippen LogP) is 28.7. The maximum Gasteiger partial charge on any atom is 0.156 e. The van der Waals surface area contributed by atoms with Crippen molar-refractivity contribution in [3.05, 3.63) is 209 Å². The van der Waals surface area contributed by atoms with Gasteiger partial charge in [-0.25, -0.2) is 19.9 Å². The molecule has 0 fully saturated rings. The van der Waals surface area contributed by atoms with Crippen molar-refractivity contribution < 1.29 is 0 Å². The second kappa shape index (κ2) is 45.1. The van der Waals surface area contributed by atoms with E-state index in [0.29, 0.717) is 16.2 Å². The first-order chi connectivity index (χ1) is 50.9. The Morgan fingerprint density at radius 1 is 0.200 bits per heavy atom. The Bertz CT molecular complexity index is 3440. The maximum absolute atomic E-state index is 4.65. The van der Waals surface area contributed by atoms with Crippen LogP contribution >= 0.6 is 0 Å². The molecule has 648 valence electrons. The van der Waals surface area contributed by atoms with Crippen molar-refractivity contribution in [1.82, 2.24) is 65.3 Å². The van der Waals surface area contributed by atoms with Crippen LogP contribution in [0.5, 0.6) is 0 Å². The molecule has 0 radical (unpaired) electrons. The molecular weight excluding hydrogens is 1410 g/mol. The summed E-state index contributed by atoms with van der Waals surface area (Å²) in [6.07, 6.45) is 19.5. The molecule has 0 unspecified atom stereocenters. The minimum atomic E-state index is -0.0335. The Labute approximate surface area is 709 Å². The maximum atomic E-state index is 4.65. The monoisotopic (exact) mass is 1580 g/mol. The van der Waals surface area contributed by atoms with E-state index in [0.717, 1.165) is 45.8 Å². The number of hydrogen-bond donors (Lipinski definition) is 0. The van der Waals surface area contributed by atoms with Gasteiger partial charge in [0.05, 0.1) is 46.6 Å². The zero-order valence-electron chi connectivity index (χ0n) is 84.0. The predicted molar refractivity (Wildman–Crippen MR) is 501 cm³/mol. The fraction of sp³-hybridized carbons (Fsp3) is 0.657. The average Bonchev–Trinajstić information content (AvgIpc) is 0.783. The SMILES string of the molecule is CC(C)(C)C.CC(C)(C)C.CC(C)(C)C.CC(C)(C)c1ccc(C(C)(C)C)cc1.CC(C)(C)c1ccccc1C(C)(C)C.CC(C)(C)c1cncc(C(C)(C)C)n1.CC(C)(C)c1cncnc1.CC(C)(C)c1cnnc(C(C)(C)C)n1.CC(C)(C)c1cnnc(C(C)(C)C)n1.CC(C)(C)c1nccnc1C(C)(C)C.c1ccncc1. The molecule has 13 heteroatoms. The molecule has 6 aromatic heterocycles. The molecule has 0 aliphatic heterocycles. The lowest BCUT2D eigenvalue weighted by molar-refractivity contribution is 0.469. The van der Waals surface area contributed by atoms with E-state index in [-0.39, 0.29) is 70.4 Å². The Morgan fingerprint density at radius 3 is 0.652 bits per heavy atom. The van der Waals surface area contributed by atoms with Gasteiger partial charge in [0.1, 0.15) is 6.33 Å². The van der Waals surface area contributed by atoms with Gasteiger partial charge in [-0.05, 0) is 83.3 Å². The smallest absolute Gasteiger partial charge is 0.156 e. The van der Waals surface area contributed by atoms with Gasteiger partial charge in [-0.1, -0.05) is 408 Å². The molecule has 0 N–H and O–H groups in total. The van der Waals surface area contributed by atoms with Crippen LogP contribution in [-0.2, 0) is 70.4 Å². The molecule has 2 aromatic carbocycles. The van der Waals surface area contributed by atoms with Crippen molar-refractivity contribution in [2.75, 3.05) is 0 Å². The van der Waals surface area contributed by atoms with Crippen LogP contribution in [0.2, 0.25) is 0 Å². The van der Waals surface area contributed by atoms with E-state index < -0.39 is 0 Å². The molecule has 0 aliphatic carbocycles. The number of benzene rings is 2. The summed E-state index contributed by atoms with van der Waals surface area (Å²) in [7, 11) is 0. The van der Waals surface area contributed by atoms with Crippen molar-refractivity contribution in [2.45, 2.75) is 424 Å². The van der Waals surface area contributed by atoms with Crippen LogP contribution in [0.3, 0.4) is 0 Å². The van der Waals surface area contributed by atoms with E-state index in [4.69, 9.17) is 0 Å². The molecule has 0 saturated heterocycles. The Balaban J connectivity index is -0.00000122. The van der Waals surface area contributed by atoms with Crippen LogP contribution in [0.1, 0.15) is 427 Å². The number of nitrogens with zero attached hydrogens (tertiary/aromatic N) is 13. The van der Waals surface area contributed by atoms with Crippen LogP contribution in [-0.4, -0.2) is 65.3 Å². The third-order valence-electron chi connectivity index (χ3n) is 15.4. The van der Waals surface area contributed by atoms with Gasteiger partial charge in [0, 0.05) is 92.9 Å². The third kappa shape index (κ3) is 54.5. The highest BCUT2D eigenvalue weighted by Gasteiger charge is 2.30. The van der Waals surface area contributed by atoms with Gasteiger partial charge in [0.2, 0.25) is 0 Å². The number of rotatable bonds is 0. The molecule has 0 aliphatic rings. The normalized spacial score (nSPS) is 12.5. The van der Waals surface area contributed by atoms with Gasteiger partial charge in [0.25, 0.3) is 0 Å². The van der Waals surface area contributed by atoms with Crippen molar-refractivity contribution in [2.24, 2.45) is 16.2 Å². The first kappa shape index (κ1) is 112. The molecule has 8 aromatic rings. The third-order valence-corrected chi connectivity index (χ3v) is 15.4. The summed E-state index contributed by atoms with van der Waals surface area (Å²) in [4.78, 5) is 38.6. The topological polar surface area (TPSA) is 168 Å². The quantitative estimate of drug-likeness (QED) is 0.141. The molecule has 13 nitrogen and oxygen atoms in total. The zero-order valence-corrected chi connectivity index (χ0v) is 84.0. The molecular formula is C102H175N13. The van der Waals surface area contributed by atoms with Gasteiger partial charge >= 0.3 is 0 Å². The van der Waals surface area contributed by atoms with E-state index >= 15 is 0 Å². The summed E-state index contributed by atoms with van der Waals surface area (Å²) in [5.41, 5.74) is 16.2. The van der Waals surface area contributed by atoms with Crippen LogP contribution in [0, 0.1) is 16.2 Å². The molecule has 0 atom stereocenters. The van der Waals surface area contributed by atoms with Crippen molar-refractivity contribution in [3.63, 3.8) is 0 Å². The average molecular weight is 1580 g/mol. The van der Waals surface area contributed by atoms with Crippen molar-refractivity contribution in [3.8, 4) is 0 Å². The number of pyridine rings is 1. The standard InChI is InChI=1S/2C14H22.2C12H20N2.2C11H19N3.C8H12N2.C5H5N.3C5H12/c1-13(2,3)11-7-9-12(10-8-11)14(4,5)6;1-13(2,3)11-9-7-8-10-12(11)14(4,5)6;1-11(2,3)9-7-13-8-10(14-9)12(4,5)6;1-11(2,3)9-10(12(4,5)6)14-8-7-13-9;2*1-10(2,3)8-7-12-14-9(13-8)11(4,5)6;1-8(2,3)7-4-9-6-10-5-7;1-2-4-6-5-3-1;3*1-5(2,3)4/h2*7-10H,1-6H3;2*7-8H,1-6H3;2*7H,1-6H3;4-6H,1-3H3;1-5H;3*1-4H3. The molecule has 0 spiro atoms. The highest BCUT2D eigenvalue weighted by Crippen LogP contribution is 2.35. The van der Waals surface area contributed by atoms with Gasteiger partial charge in [-0.3, -0.25) is 24.9 Å². The lowest BCUT2D eigenvalue weighted by Gasteiger charge is -2.29. The van der Waals surface area contributed by atoms with Gasteiger partial charge in [0.15, 0.2) is 11.6 Å². The van der Waals surface area contributed by atoms with E-state index in [1.807, 2.05) is 43.0 Å². The Kier molecular flexibility index (Phi) is 44.0. The van der Waals surface area contributed by atoms with Crippen molar-refractivity contribution >= 4 is 0 Å². The van der Waals surface area contributed by atoms with E-state index in [9.17, 15) is 0 Å². The van der Waals surface area contributed by atoms with Gasteiger partial charge < -0.3 is 0 Å². The first-order valence-electron chi connectivity index (χ1n) is 41.8. The molecule has 6 heterocycles. The summed E-state index contributed by atoms with van der Waals surface area (Å²) in [5, 5.41) is 16.1. The summed E-state index contributed by atoms with van der Waals surface area (Å²) >= 11 is 0. The largest absolute Gasteiger partial charge is 0.265 e.